The fourth-order valence-corrected chi connectivity index (χ4v) is 4.21. The summed E-state index contributed by atoms with van der Waals surface area (Å²) >= 11 is 0. The van der Waals surface area contributed by atoms with Gasteiger partial charge in [0.05, 0.1) is 6.61 Å². The Bertz CT molecular complexity index is 816. The zero-order valence-corrected chi connectivity index (χ0v) is 16.1. The zero-order valence-electron chi connectivity index (χ0n) is 16.1. The monoisotopic (exact) mass is 385 g/mol. The summed E-state index contributed by atoms with van der Waals surface area (Å²) < 4.78 is 5.51. The van der Waals surface area contributed by atoms with Crippen molar-refractivity contribution in [2.75, 3.05) is 18.5 Å². The second kappa shape index (κ2) is 7.71. The maximum atomic E-state index is 12.6. The van der Waals surface area contributed by atoms with Crippen molar-refractivity contribution in [1.82, 2.24) is 10.6 Å². The van der Waals surface area contributed by atoms with Crippen molar-refractivity contribution < 1.29 is 14.7 Å². The molecule has 28 heavy (non-hydrogen) atoms. The highest BCUT2D eigenvalue weighted by Crippen LogP contribution is 2.38. The molecule has 8 nitrogen and oxygen atoms in total. The summed E-state index contributed by atoms with van der Waals surface area (Å²) in [5.74, 6) is 0.512. The summed E-state index contributed by atoms with van der Waals surface area (Å²) in [6.07, 6.45) is 7.43. The number of carbonyl (C=O) groups is 1. The van der Waals surface area contributed by atoms with Crippen LogP contribution in [0.15, 0.2) is 23.0 Å². The second-order valence-electron chi connectivity index (χ2n) is 7.73. The van der Waals surface area contributed by atoms with E-state index in [1.807, 2.05) is 6.92 Å². The average molecular weight is 385 g/mol. The van der Waals surface area contributed by atoms with Crippen molar-refractivity contribution in [3.63, 3.8) is 0 Å². The molecular weight excluding hydrogens is 358 g/mol. The largest absolute Gasteiger partial charge is 0.476 e. The van der Waals surface area contributed by atoms with Gasteiger partial charge >= 0.3 is 6.03 Å². The highest BCUT2D eigenvalue weighted by atomic mass is 16.6. The number of fused-ring (bicyclic) bond motifs is 2. The quantitative estimate of drug-likeness (QED) is 0.594. The summed E-state index contributed by atoms with van der Waals surface area (Å²) in [7, 11) is 0. The van der Waals surface area contributed by atoms with Gasteiger partial charge in [0.2, 0.25) is 5.90 Å². The van der Waals surface area contributed by atoms with Crippen LogP contribution in [0.2, 0.25) is 0 Å². The molecule has 0 bridgehead atoms. The first-order valence-electron chi connectivity index (χ1n) is 9.89. The molecule has 0 aromatic heterocycles. The van der Waals surface area contributed by atoms with E-state index in [2.05, 4.69) is 21.8 Å². The number of nitrogens with two attached hydrogens (primary N) is 1. The van der Waals surface area contributed by atoms with Gasteiger partial charge in [-0.2, -0.15) is 5.17 Å². The predicted molar refractivity (Wildman–Crippen MR) is 106 cm³/mol. The van der Waals surface area contributed by atoms with Gasteiger partial charge in [-0.15, -0.1) is 0 Å². The van der Waals surface area contributed by atoms with Crippen LogP contribution in [0.5, 0.6) is 0 Å². The third-order valence-corrected chi connectivity index (χ3v) is 5.58. The number of nitrogens with one attached hydrogen (secondary N) is 2. The number of nitrogens with zero attached hydrogens (tertiary/aromatic N) is 2. The smallest absolute Gasteiger partial charge is 0.339 e. The first-order valence-corrected chi connectivity index (χ1v) is 9.89. The molecule has 0 saturated heterocycles. The number of rotatable bonds is 4. The van der Waals surface area contributed by atoms with E-state index in [0.717, 1.165) is 50.4 Å². The molecule has 1 aromatic rings. The van der Waals surface area contributed by atoms with E-state index in [0.29, 0.717) is 24.2 Å². The Morgan fingerprint density at radius 2 is 1.96 bits per heavy atom. The summed E-state index contributed by atoms with van der Waals surface area (Å²) in [5.41, 5.74) is 14.1. The van der Waals surface area contributed by atoms with Crippen molar-refractivity contribution in [3.8, 4) is 0 Å². The van der Waals surface area contributed by atoms with Crippen LogP contribution in [-0.4, -0.2) is 35.5 Å². The van der Waals surface area contributed by atoms with E-state index < -0.39 is 6.03 Å². The van der Waals surface area contributed by atoms with Crippen LogP contribution in [0, 0.1) is 5.92 Å². The lowest BCUT2D eigenvalue weighted by Crippen LogP contribution is -2.45. The van der Waals surface area contributed by atoms with Crippen LogP contribution < -0.4 is 16.5 Å². The molecule has 1 heterocycles. The van der Waals surface area contributed by atoms with Crippen LogP contribution in [0.1, 0.15) is 42.0 Å². The minimum atomic E-state index is -0.527. The summed E-state index contributed by atoms with van der Waals surface area (Å²) in [6.45, 7) is 3.08. The van der Waals surface area contributed by atoms with Crippen molar-refractivity contribution in [2.24, 2.45) is 16.6 Å². The van der Waals surface area contributed by atoms with Crippen LogP contribution in [0.3, 0.4) is 0 Å². The van der Waals surface area contributed by atoms with Crippen LogP contribution in [-0.2, 0) is 30.4 Å². The number of carbonyl (C=O) groups excluding carboxylic acids is 1. The van der Waals surface area contributed by atoms with E-state index in [1.165, 1.54) is 22.3 Å². The molecule has 1 aromatic carbocycles. The van der Waals surface area contributed by atoms with Crippen LogP contribution in [0.4, 0.5) is 10.5 Å². The minimum Gasteiger partial charge on any atom is -0.476 e. The van der Waals surface area contributed by atoms with Gasteiger partial charge in [0.25, 0.3) is 0 Å². The lowest BCUT2D eigenvalue weighted by atomic mass is 9.99. The Labute approximate surface area is 164 Å². The first-order chi connectivity index (χ1) is 13.6. The summed E-state index contributed by atoms with van der Waals surface area (Å²) in [6, 6.07) is 1.78. The lowest BCUT2D eigenvalue weighted by molar-refractivity contribution is -0.0832. The molecule has 1 aliphatic heterocycles. The Morgan fingerprint density at radius 1 is 1.29 bits per heavy atom. The van der Waals surface area contributed by atoms with Gasteiger partial charge in [-0.05, 0) is 60.8 Å². The number of aryl methyl sites for hydroxylation is 2. The molecule has 150 valence electrons. The van der Waals surface area contributed by atoms with Gasteiger partial charge in [-0.1, -0.05) is 13.0 Å². The number of hydrogen-bond acceptors (Lipinski definition) is 6. The molecule has 8 heteroatoms. The molecule has 0 fully saturated rings. The predicted octanol–water partition coefficient (Wildman–Crippen LogP) is 2.26. The average Bonchev–Trinajstić information content (AvgIpc) is 3.32. The van der Waals surface area contributed by atoms with Gasteiger partial charge in [-0.25, -0.2) is 15.2 Å². The normalized spacial score (nSPS) is 20.7. The molecule has 2 amide bonds. The molecule has 5 N–H and O–H groups in total. The second-order valence-corrected chi connectivity index (χ2v) is 7.73. The van der Waals surface area contributed by atoms with Crippen molar-refractivity contribution in [1.29, 1.82) is 0 Å². The zero-order chi connectivity index (χ0) is 19.7. The van der Waals surface area contributed by atoms with Gasteiger partial charge < -0.3 is 15.8 Å². The molecule has 0 radical (unpaired) electrons. The van der Waals surface area contributed by atoms with E-state index >= 15 is 0 Å². The molecule has 2 aliphatic carbocycles. The number of aliphatic imine (C=N–C) groups is 1. The molecule has 4 rings (SSSR count). The van der Waals surface area contributed by atoms with Gasteiger partial charge in [0.1, 0.15) is 0 Å². The number of urea groups is 1. The van der Waals surface area contributed by atoms with Crippen molar-refractivity contribution in [3.05, 3.63) is 40.2 Å². The molecule has 0 saturated carbocycles. The summed E-state index contributed by atoms with van der Waals surface area (Å²) in [5, 5.41) is 13.8. The Kier molecular flexibility index (Phi) is 5.13. The maximum Gasteiger partial charge on any atom is 0.339 e. The Hall–Kier alpha value is -2.74. The number of hydrogen-bond donors (Lipinski definition) is 4. The molecular formula is C20H27N5O3. The molecule has 3 aliphatic rings. The Balaban J connectivity index is 1.48. The van der Waals surface area contributed by atoms with E-state index in [4.69, 9.17) is 10.5 Å². The highest BCUT2D eigenvalue weighted by Gasteiger charge is 2.26. The number of anilines is 1. The topological polar surface area (TPSA) is 112 Å². The summed E-state index contributed by atoms with van der Waals surface area (Å²) in [4.78, 5) is 16.9. The van der Waals surface area contributed by atoms with E-state index in [1.54, 1.807) is 0 Å². The molecule has 0 spiro atoms. The van der Waals surface area contributed by atoms with Crippen LogP contribution in [0.25, 0.3) is 0 Å². The first kappa shape index (κ1) is 18.6. The molecule has 1 unspecified atom stereocenters. The fraction of sp³-hybridized carbons (Fsp3) is 0.500. The van der Waals surface area contributed by atoms with Gasteiger partial charge in [0, 0.05) is 24.4 Å². The third kappa shape index (κ3) is 3.52. The molecule has 1 atom stereocenters. The lowest BCUT2D eigenvalue weighted by Gasteiger charge is -2.25. The van der Waals surface area contributed by atoms with Crippen LogP contribution >= 0.6 is 0 Å². The van der Waals surface area contributed by atoms with E-state index in [9.17, 15) is 10.0 Å². The van der Waals surface area contributed by atoms with E-state index in [-0.39, 0.29) is 11.6 Å². The van der Waals surface area contributed by atoms with Gasteiger partial charge in [0.15, 0.2) is 5.70 Å². The fourth-order valence-electron chi connectivity index (χ4n) is 4.21. The number of benzene rings is 1. The Morgan fingerprint density at radius 3 is 2.54 bits per heavy atom. The SMILES string of the molecule is CC1CN=C(/C(=C\N)N(O)NC(=O)Nc2c3c(cc4c2CCC4)CCC3)OC1. The minimum absolute atomic E-state index is 0.102. The highest BCUT2D eigenvalue weighted by molar-refractivity contribution is 5.95. The standard InChI is InChI=1S/C20H27N5O3/c1-12-10-22-19(28-11-12)17(9-21)25(27)24-20(26)23-18-15-6-2-4-13(15)8-14-5-3-7-16(14)18/h8-9,12,27H,2-7,10-11,21H2,1H3,(H2,23,24,26)/b17-9+. The van der Waals surface area contributed by atoms with Crippen molar-refractivity contribution >= 4 is 17.6 Å². The number of amides is 2. The maximum absolute atomic E-state index is 12.6. The number of hydroxylamine groups is 1. The number of ether oxygens (including phenoxy) is 1. The number of hydrazine groups is 1. The van der Waals surface area contributed by atoms with Crippen molar-refractivity contribution in [2.45, 2.75) is 45.4 Å². The van der Waals surface area contributed by atoms with Gasteiger partial charge in [-0.3, -0.25) is 5.21 Å². The third-order valence-electron chi connectivity index (χ3n) is 5.58.